The Morgan fingerprint density at radius 1 is 1.33 bits per heavy atom. The van der Waals surface area contributed by atoms with E-state index in [-0.39, 0.29) is 0 Å². The van der Waals surface area contributed by atoms with Crippen LogP contribution < -0.4 is 10.1 Å². The molecule has 0 aliphatic heterocycles. The lowest BCUT2D eigenvalue weighted by Gasteiger charge is -2.13. The first-order valence-corrected chi connectivity index (χ1v) is 7.80. The van der Waals surface area contributed by atoms with Gasteiger partial charge in [0.1, 0.15) is 12.4 Å². The summed E-state index contributed by atoms with van der Waals surface area (Å²) in [7, 11) is 0. The van der Waals surface area contributed by atoms with Crippen molar-refractivity contribution in [1.82, 2.24) is 14.9 Å². The Labute approximate surface area is 126 Å². The number of ether oxygens (including phenoxy) is 1. The summed E-state index contributed by atoms with van der Waals surface area (Å²) in [5, 5.41) is 3.43. The maximum absolute atomic E-state index is 6.03. The van der Waals surface area contributed by atoms with Crippen LogP contribution in [0.25, 0.3) is 0 Å². The minimum Gasteiger partial charge on any atom is -0.487 e. The second kappa shape index (κ2) is 6.76. The Balaban J connectivity index is 1.62. The van der Waals surface area contributed by atoms with E-state index in [1.807, 2.05) is 24.7 Å². The molecule has 4 nitrogen and oxygen atoms in total. The quantitative estimate of drug-likeness (QED) is 0.756. The van der Waals surface area contributed by atoms with Gasteiger partial charge in [0.25, 0.3) is 0 Å². The molecule has 3 rings (SSSR count). The summed E-state index contributed by atoms with van der Waals surface area (Å²) in [6.07, 6.45) is 7.51. The standard InChI is InChI=1S/C17H23N3O/c1-2-9-18-10-14-5-3-4-6-17(14)21-12-16-11-19-13-20(16)15-7-8-15/h3-6,11,13,15,18H,2,7-10,12H2,1H3. The summed E-state index contributed by atoms with van der Waals surface area (Å²) in [4.78, 5) is 4.25. The molecular formula is C17H23N3O. The molecule has 1 N–H and O–H groups in total. The van der Waals surface area contributed by atoms with Crippen molar-refractivity contribution in [2.45, 2.75) is 45.4 Å². The van der Waals surface area contributed by atoms with Gasteiger partial charge in [0.15, 0.2) is 0 Å². The fourth-order valence-corrected chi connectivity index (χ4v) is 2.47. The lowest BCUT2D eigenvalue weighted by molar-refractivity contribution is 0.291. The van der Waals surface area contributed by atoms with Crippen LogP contribution in [-0.4, -0.2) is 16.1 Å². The molecule has 4 heteroatoms. The topological polar surface area (TPSA) is 39.1 Å². The van der Waals surface area contributed by atoms with E-state index in [0.29, 0.717) is 12.6 Å². The van der Waals surface area contributed by atoms with Crippen molar-refractivity contribution >= 4 is 0 Å². The highest BCUT2D eigenvalue weighted by Crippen LogP contribution is 2.35. The van der Waals surface area contributed by atoms with Gasteiger partial charge in [-0.15, -0.1) is 0 Å². The molecule has 1 saturated carbocycles. The Hall–Kier alpha value is -1.81. The van der Waals surface area contributed by atoms with Gasteiger partial charge in [-0.05, 0) is 31.9 Å². The Kier molecular flexibility index (Phi) is 4.55. The third-order valence-corrected chi connectivity index (χ3v) is 3.78. The van der Waals surface area contributed by atoms with Crippen molar-refractivity contribution < 1.29 is 4.74 Å². The normalized spacial score (nSPS) is 14.3. The molecule has 21 heavy (non-hydrogen) atoms. The van der Waals surface area contributed by atoms with Crippen LogP contribution >= 0.6 is 0 Å². The number of nitrogens with one attached hydrogen (secondary N) is 1. The number of hydrogen-bond donors (Lipinski definition) is 1. The number of imidazole rings is 1. The lowest BCUT2D eigenvalue weighted by atomic mass is 10.2. The first kappa shape index (κ1) is 14.1. The zero-order chi connectivity index (χ0) is 14.5. The summed E-state index contributed by atoms with van der Waals surface area (Å²) in [6.45, 7) is 4.64. The molecule has 1 fully saturated rings. The zero-order valence-electron chi connectivity index (χ0n) is 12.6. The first-order chi connectivity index (χ1) is 10.4. The van der Waals surface area contributed by atoms with Crippen molar-refractivity contribution in [3.63, 3.8) is 0 Å². The van der Waals surface area contributed by atoms with E-state index in [4.69, 9.17) is 4.74 Å². The van der Waals surface area contributed by atoms with Crippen molar-refractivity contribution in [3.05, 3.63) is 48.0 Å². The molecule has 0 amide bonds. The fourth-order valence-electron chi connectivity index (χ4n) is 2.47. The van der Waals surface area contributed by atoms with E-state index in [1.54, 1.807) is 0 Å². The molecule has 1 aromatic carbocycles. The van der Waals surface area contributed by atoms with Crippen molar-refractivity contribution in [1.29, 1.82) is 0 Å². The van der Waals surface area contributed by atoms with Crippen LogP contribution in [0.4, 0.5) is 0 Å². The number of aromatic nitrogens is 2. The summed E-state index contributed by atoms with van der Waals surface area (Å²) in [5.41, 5.74) is 2.37. The average molecular weight is 285 g/mol. The monoisotopic (exact) mass is 285 g/mol. The molecule has 112 valence electrons. The molecule has 0 atom stereocenters. The number of hydrogen-bond acceptors (Lipinski definition) is 3. The van der Waals surface area contributed by atoms with Gasteiger partial charge in [0.05, 0.1) is 18.2 Å². The number of nitrogens with zero attached hydrogens (tertiary/aromatic N) is 2. The van der Waals surface area contributed by atoms with Crippen LogP contribution in [0, 0.1) is 0 Å². The smallest absolute Gasteiger partial charge is 0.130 e. The average Bonchev–Trinajstić information content (AvgIpc) is 3.25. The molecule has 0 bridgehead atoms. The first-order valence-electron chi connectivity index (χ1n) is 7.80. The second-order valence-corrected chi connectivity index (χ2v) is 5.60. The SMILES string of the molecule is CCCNCc1ccccc1OCc1cncn1C1CC1. The Morgan fingerprint density at radius 3 is 3.00 bits per heavy atom. The molecule has 1 aliphatic carbocycles. The summed E-state index contributed by atoms with van der Waals surface area (Å²) in [5.74, 6) is 0.963. The van der Waals surface area contributed by atoms with Crippen molar-refractivity contribution in [2.75, 3.05) is 6.54 Å². The van der Waals surface area contributed by atoms with Gasteiger partial charge in [-0.25, -0.2) is 4.98 Å². The van der Waals surface area contributed by atoms with Crippen LogP contribution in [-0.2, 0) is 13.2 Å². The van der Waals surface area contributed by atoms with Crippen LogP contribution in [0.15, 0.2) is 36.8 Å². The molecule has 0 saturated heterocycles. The molecule has 1 aromatic heterocycles. The third kappa shape index (κ3) is 3.64. The molecule has 2 aromatic rings. The molecule has 0 radical (unpaired) electrons. The zero-order valence-corrected chi connectivity index (χ0v) is 12.6. The Bertz CT molecular complexity index is 575. The molecule has 0 spiro atoms. The lowest BCUT2D eigenvalue weighted by Crippen LogP contribution is -2.14. The number of benzene rings is 1. The van der Waals surface area contributed by atoms with Crippen molar-refractivity contribution in [2.24, 2.45) is 0 Å². The van der Waals surface area contributed by atoms with Gasteiger partial charge in [-0.2, -0.15) is 0 Å². The van der Waals surface area contributed by atoms with E-state index < -0.39 is 0 Å². The van der Waals surface area contributed by atoms with E-state index in [0.717, 1.165) is 31.0 Å². The summed E-state index contributed by atoms with van der Waals surface area (Å²) in [6, 6.07) is 8.89. The van der Waals surface area contributed by atoms with E-state index in [9.17, 15) is 0 Å². The predicted octanol–water partition coefficient (Wildman–Crippen LogP) is 3.30. The van der Waals surface area contributed by atoms with Gasteiger partial charge in [-0.3, -0.25) is 0 Å². The second-order valence-electron chi connectivity index (χ2n) is 5.60. The molecule has 0 unspecified atom stereocenters. The number of rotatable bonds is 8. The minimum atomic E-state index is 0.585. The maximum Gasteiger partial charge on any atom is 0.130 e. The van der Waals surface area contributed by atoms with Gasteiger partial charge in [-0.1, -0.05) is 25.1 Å². The van der Waals surface area contributed by atoms with Gasteiger partial charge >= 0.3 is 0 Å². The van der Waals surface area contributed by atoms with Crippen molar-refractivity contribution in [3.8, 4) is 5.75 Å². The highest BCUT2D eigenvalue weighted by atomic mass is 16.5. The highest BCUT2D eigenvalue weighted by Gasteiger charge is 2.25. The fraction of sp³-hybridized carbons (Fsp3) is 0.471. The van der Waals surface area contributed by atoms with Crippen LogP contribution in [0.3, 0.4) is 0 Å². The molecule has 1 heterocycles. The van der Waals surface area contributed by atoms with Crippen LogP contribution in [0.1, 0.15) is 43.5 Å². The van der Waals surface area contributed by atoms with Gasteiger partial charge in [0.2, 0.25) is 0 Å². The summed E-state index contributed by atoms with van der Waals surface area (Å²) >= 11 is 0. The van der Waals surface area contributed by atoms with Gasteiger partial charge < -0.3 is 14.6 Å². The van der Waals surface area contributed by atoms with Crippen LogP contribution in [0.5, 0.6) is 5.75 Å². The predicted molar refractivity (Wildman–Crippen MR) is 83.3 cm³/mol. The van der Waals surface area contributed by atoms with Crippen LogP contribution in [0.2, 0.25) is 0 Å². The maximum atomic E-state index is 6.03. The van der Waals surface area contributed by atoms with E-state index in [2.05, 4.69) is 33.9 Å². The van der Waals surface area contributed by atoms with Gasteiger partial charge in [0, 0.05) is 18.2 Å². The molecule has 1 aliphatic rings. The van der Waals surface area contributed by atoms with E-state index in [1.165, 1.54) is 18.4 Å². The molecular weight excluding hydrogens is 262 g/mol. The third-order valence-electron chi connectivity index (χ3n) is 3.78. The highest BCUT2D eigenvalue weighted by molar-refractivity contribution is 5.33. The van der Waals surface area contributed by atoms with E-state index >= 15 is 0 Å². The minimum absolute atomic E-state index is 0.585. The summed E-state index contributed by atoms with van der Waals surface area (Å²) < 4.78 is 8.28. The Morgan fingerprint density at radius 2 is 2.19 bits per heavy atom. The number of para-hydroxylation sites is 1. The largest absolute Gasteiger partial charge is 0.487 e.